The zero-order valence-electron chi connectivity index (χ0n) is 8.24. The van der Waals surface area contributed by atoms with E-state index in [1.165, 1.54) is 0 Å². The summed E-state index contributed by atoms with van der Waals surface area (Å²) in [4.78, 5) is 13.0. The molecule has 2 atom stereocenters. The van der Waals surface area contributed by atoms with E-state index in [0.29, 0.717) is 12.5 Å². The number of rotatable bonds is 3. The molecule has 0 bridgehead atoms. The molecule has 0 aromatic rings. The number of amides is 2. The van der Waals surface area contributed by atoms with Crippen molar-refractivity contribution >= 4 is 6.03 Å². The Balaban J connectivity index is 1.80. The SMILES string of the molecule is NC(CN1CCNC1=O)C1CCOC1. The molecule has 2 unspecified atom stereocenters. The standard InChI is InChI=1S/C9H17N3O2/c10-8(7-1-4-14-6-7)5-12-3-2-11-9(12)13/h7-8H,1-6,10H2,(H,11,13). The fourth-order valence-electron chi connectivity index (χ4n) is 1.98. The summed E-state index contributed by atoms with van der Waals surface area (Å²) in [7, 11) is 0. The van der Waals surface area contributed by atoms with E-state index in [9.17, 15) is 4.79 Å². The average molecular weight is 199 g/mol. The lowest BCUT2D eigenvalue weighted by Gasteiger charge is -2.23. The number of nitrogens with zero attached hydrogens (tertiary/aromatic N) is 1. The van der Waals surface area contributed by atoms with Crippen molar-refractivity contribution in [3.05, 3.63) is 0 Å². The monoisotopic (exact) mass is 199 g/mol. The van der Waals surface area contributed by atoms with Crippen LogP contribution in [-0.4, -0.2) is 49.8 Å². The summed E-state index contributed by atoms with van der Waals surface area (Å²) in [5.74, 6) is 0.420. The van der Waals surface area contributed by atoms with E-state index in [-0.39, 0.29) is 12.1 Å². The highest BCUT2D eigenvalue weighted by molar-refractivity contribution is 5.76. The molecule has 3 N–H and O–H groups in total. The molecule has 2 aliphatic heterocycles. The van der Waals surface area contributed by atoms with Gasteiger partial charge in [-0.1, -0.05) is 0 Å². The number of hydrogen-bond donors (Lipinski definition) is 2. The first-order valence-corrected chi connectivity index (χ1v) is 5.13. The Morgan fingerprint density at radius 1 is 1.71 bits per heavy atom. The summed E-state index contributed by atoms with van der Waals surface area (Å²) >= 11 is 0. The molecule has 0 aliphatic carbocycles. The number of carbonyl (C=O) groups is 1. The smallest absolute Gasteiger partial charge is 0.317 e. The molecule has 0 radical (unpaired) electrons. The van der Waals surface area contributed by atoms with Gasteiger partial charge in [-0.15, -0.1) is 0 Å². The van der Waals surface area contributed by atoms with Crippen molar-refractivity contribution in [3.8, 4) is 0 Å². The summed E-state index contributed by atoms with van der Waals surface area (Å²) in [6.45, 7) is 3.73. The molecule has 2 fully saturated rings. The molecule has 5 heteroatoms. The highest BCUT2D eigenvalue weighted by Crippen LogP contribution is 2.16. The van der Waals surface area contributed by atoms with Crippen LogP contribution in [0.4, 0.5) is 4.79 Å². The van der Waals surface area contributed by atoms with E-state index >= 15 is 0 Å². The Bertz CT molecular complexity index is 216. The maximum absolute atomic E-state index is 11.3. The lowest BCUT2D eigenvalue weighted by Crippen LogP contribution is -2.43. The number of nitrogens with two attached hydrogens (primary N) is 1. The Labute approximate surface area is 83.6 Å². The van der Waals surface area contributed by atoms with Crippen molar-refractivity contribution in [3.63, 3.8) is 0 Å². The fraction of sp³-hybridized carbons (Fsp3) is 0.889. The van der Waals surface area contributed by atoms with Gasteiger partial charge in [0.1, 0.15) is 0 Å². The summed E-state index contributed by atoms with van der Waals surface area (Å²) < 4.78 is 5.27. The number of carbonyl (C=O) groups excluding carboxylic acids is 1. The molecule has 0 aromatic heterocycles. The minimum absolute atomic E-state index is 0.0133. The molecular weight excluding hydrogens is 182 g/mol. The van der Waals surface area contributed by atoms with Gasteiger partial charge in [0.15, 0.2) is 0 Å². The fourth-order valence-corrected chi connectivity index (χ4v) is 1.98. The average Bonchev–Trinajstić information content (AvgIpc) is 2.77. The van der Waals surface area contributed by atoms with Crippen LogP contribution >= 0.6 is 0 Å². The molecule has 2 saturated heterocycles. The Morgan fingerprint density at radius 2 is 2.57 bits per heavy atom. The van der Waals surface area contributed by atoms with Crippen LogP contribution in [0, 0.1) is 5.92 Å². The van der Waals surface area contributed by atoms with Crippen molar-refractivity contribution in [2.45, 2.75) is 12.5 Å². The van der Waals surface area contributed by atoms with Crippen molar-refractivity contribution < 1.29 is 9.53 Å². The highest BCUT2D eigenvalue weighted by atomic mass is 16.5. The van der Waals surface area contributed by atoms with Crippen LogP contribution in [0.2, 0.25) is 0 Å². The first kappa shape index (κ1) is 9.73. The van der Waals surface area contributed by atoms with Gasteiger partial charge in [-0.3, -0.25) is 0 Å². The predicted octanol–water partition coefficient (Wildman–Crippen LogP) is -0.625. The summed E-state index contributed by atoms with van der Waals surface area (Å²) in [5.41, 5.74) is 6.02. The minimum atomic E-state index is 0.0133. The molecule has 0 spiro atoms. The molecular formula is C9H17N3O2. The second kappa shape index (κ2) is 4.14. The van der Waals surface area contributed by atoms with Gasteiger partial charge in [0, 0.05) is 38.2 Å². The highest BCUT2D eigenvalue weighted by Gasteiger charge is 2.27. The van der Waals surface area contributed by atoms with Gasteiger partial charge in [-0.25, -0.2) is 4.79 Å². The van der Waals surface area contributed by atoms with Crippen LogP contribution in [0.5, 0.6) is 0 Å². The third-order valence-corrected chi connectivity index (χ3v) is 2.95. The third-order valence-electron chi connectivity index (χ3n) is 2.95. The maximum Gasteiger partial charge on any atom is 0.317 e. The molecule has 0 saturated carbocycles. The van der Waals surface area contributed by atoms with Crippen LogP contribution in [0.1, 0.15) is 6.42 Å². The van der Waals surface area contributed by atoms with Crippen LogP contribution in [-0.2, 0) is 4.74 Å². The Kier molecular flexibility index (Phi) is 2.88. The molecule has 80 valence electrons. The summed E-state index contributed by atoms with van der Waals surface area (Å²) in [6, 6.07) is 0.0701. The molecule has 14 heavy (non-hydrogen) atoms. The van der Waals surface area contributed by atoms with E-state index in [4.69, 9.17) is 10.5 Å². The first-order chi connectivity index (χ1) is 6.77. The van der Waals surface area contributed by atoms with Gasteiger partial charge < -0.3 is 20.7 Å². The second-order valence-corrected chi connectivity index (χ2v) is 3.97. The number of ether oxygens (including phenoxy) is 1. The zero-order valence-corrected chi connectivity index (χ0v) is 8.24. The van der Waals surface area contributed by atoms with Crippen molar-refractivity contribution in [2.24, 2.45) is 11.7 Å². The normalized spacial score (nSPS) is 29.4. The van der Waals surface area contributed by atoms with Crippen LogP contribution in [0.15, 0.2) is 0 Å². The van der Waals surface area contributed by atoms with E-state index in [2.05, 4.69) is 5.32 Å². The lowest BCUT2D eigenvalue weighted by molar-refractivity contribution is 0.173. The maximum atomic E-state index is 11.3. The quantitative estimate of drug-likeness (QED) is 0.636. The third kappa shape index (κ3) is 1.99. The number of nitrogens with one attached hydrogen (secondary N) is 1. The van der Waals surface area contributed by atoms with Crippen LogP contribution < -0.4 is 11.1 Å². The molecule has 2 amide bonds. The van der Waals surface area contributed by atoms with E-state index in [1.807, 2.05) is 0 Å². The minimum Gasteiger partial charge on any atom is -0.381 e. The summed E-state index contributed by atoms with van der Waals surface area (Å²) in [5, 5.41) is 2.77. The zero-order chi connectivity index (χ0) is 9.97. The van der Waals surface area contributed by atoms with Gasteiger partial charge >= 0.3 is 6.03 Å². The first-order valence-electron chi connectivity index (χ1n) is 5.13. The molecule has 5 nitrogen and oxygen atoms in total. The number of hydrogen-bond acceptors (Lipinski definition) is 3. The largest absolute Gasteiger partial charge is 0.381 e. The van der Waals surface area contributed by atoms with E-state index < -0.39 is 0 Å². The Morgan fingerprint density at radius 3 is 3.14 bits per heavy atom. The molecule has 0 aromatic carbocycles. The van der Waals surface area contributed by atoms with Gasteiger partial charge in [0.25, 0.3) is 0 Å². The molecule has 2 rings (SSSR count). The van der Waals surface area contributed by atoms with Crippen molar-refractivity contribution in [1.82, 2.24) is 10.2 Å². The molecule has 2 aliphatic rings. The van der Waals surface area contributed by atoms with Gasteiger partial charge in [0.05, 0.1) is 6.61 Å². The predicted molar refractivity (Wildman–Crippen MR) is 51.9 cm³/mol. The number of urea groups is 1. The topological polar surface area (TPSA) is 67.6 Å². The van der Waals surface area contributed by atoms with Crippen molar-refractivity contribution in [2.75, 3.05) is 32.8 Å². The molecule has 2 heterocycles. The van der Waals surface area contributed by atoms with Gasteiger partial charge in [-0.05, 0) is 6.42 Å². The second-order valence-electron chi connectivity index (χ2n) is 3.97. The van der Waals surface area contributed by atoms with E-state index in [0.717, 1.165) is 32.7 Å². The van der Waals surface area contributed by atoms with Gasteiger partial charge in [0.2, 0.25) is 0 Å². The van der Waals surface area contributed by atoms with Crippen molar-refractivity contribution in [1.29, 1.82) is 0 Å². The Hall–Kier alpha value is -0.810. The lowest BCUT2D eigenvalue weighted by atomic mass is 10.00. The van der Waals surface area contributed by atoms with Crippen LogP contribution in [0.3, 0.4) is 0 Å². The summed E-state index contributed by atoms with van der Waals surface area (Å²) in [6.07, 6.45) is 1.02. The van der Waals surface area contributed by atoms with Crippen LogP contribution in [0.25, 0.3) is 0 Å². The van der Waals surface area contributed by atoms with Gasteiger partial charge in [-0.2, -0.15) is 0 Å². The van der Waals surface area contributed by atoms with E-state index in [1.54, 1.807) is 4.90 Å².